The highest BCUT2D eigenvalue weighted by molar-refractivity contribution is 9.10. The number of hydrogen-bond acceptors (Lipinski definition) is 3. The zero-order valence-electron chi connectivity index (χ0n) is 7.61. The average molecular weight is 256 g/mol. The molecule has 74 valence electrons. The quantitative estimate of drug-likeness (QED) is 0.840. The van der Waals surface area contributed by atoms with Gasteiger partial charge in [0.2, 0.25) is 0 Å². The van der Waals surface area contributed by atoms with Crippen LogP contribution in [0.2, 0.25) is 0 Å². The number of nitrogens with two attached hydrogens (primary N) is 1. The van der Waals surface area contributed by atoms with Gasteiger partial charge in [0.1, 0.15) is 11.9 Å². The Hall–Kier alpha value is -1.14. The zero-order chi connectivity index (χ0) is 10.1. The Morgan fingerprint density at radius 1 is 1.64 bits per heavy atom. The summed E-state index contributed by atoms with van der Waals surface area (Å²) in [6.07, 6.45) is 5.15. The van der Waals surface area contributed by atoms with Crippen molar-refractivity contribution in [1.82, 2.24) is 19.7 Å². The Kier molecular flexibility index (Phi) is 2.39. The van der Waals surface area contributed by atoms with E-state index in [0.29, 0.717) is 0 Å². The minimum atomic E-state index is -0.285. The number of nitrogens with zero attached hydrogens (tertiary/aromatic N) is 3. The van der Waals surface area contributed by atoms with E-state index in [0.717, 1.165) is 16.0 Å². The van der Waals surface area contributed by atoms with Gasteiger partial charge in [-0.3, -0.25) is 4.68 Å². The smallest absolute Gasteiger partial charge is 0.129 e. The van der Waals surface area contributed by atoms with E-state index in [1.165, 1.54) is 0 Å². The van der Waals surface area contributed by atoms with Crippen LogP contribution >= 0.6 is 15.9 Å². The first-order valence-electron chi connectivity index (χ1n) is 4.12. The van der Waals surface area contributed by atoms with Crippen LogP contribution in [0.1, 0.15) is 17.6 Å². The lowest BCUT2D eigenvalue weighted by Crippen LogP contribution is -2.17. The molecule has 0 aromatic carbocycles. The number of aromatic nitrogens is 4. The number of nitrogens with one attached hydrogen (secondary N) is 1. The van der Waals surface area contributed by atoms with E-state index in [-0.39, 0.29) is 6.04 Å². The monoisotopic (exact) mass is 255 g/mol. The highest BCUT2D eigenvalue weighted by Crippen LogP contribution is 2.23. The Bertz CT molecular complexity index is 399. The van der Waals surface area contributed by atoms with E-state index in [1.807, 2.05) is 7.05 Å². The van der Waals surface area contributed by atoms with Gasteiger partial charge in [0.05, 0.1) is 16.4 Å². The number of rotatable bonds is 2. The second-order valence-corrected chi connectivity index (χ2v) is 3.81. The molecule has 0 aliphatic carbocycles. The van der Waals surface area contributed by atoms with Crippen molar-refractivity contribution in [1.29, 1.82) is 0 Å². The summed E-state index contributed by atoms with van der Waals surface area (Å²) in [5, 5.41) is 4.10. The summed E-state index contributed by atoms with van der Waals surface area (Å²) in [5.74, 6) is 0.731. The number of halogens is 1. The third kappa shape index (κ3) is 1.46. The fraction of sp³-hybridized carbons (Fsp3) is 0.250. The van der Waals surface area contributed by atoms with Crippen LogP contribution in [0, 0.1) is 0 Å². The van der Waals surface area contributed by atoms with Crippen molar-refractivity contribution in [3.8, 4) is 0 Å². The number of hydrogen-bond donors (Lipinski definition) is 2. The van der Waals surface area contributed by atoms with Crippen molar-refractivity contribution in [2.24, 2.45) is 12.8 Å². The molecule has 0 aliphatic rings. The fourth-order valence-electron chi connectivity index (χ4n) is 1.35. The molecule has 3 N–H and O–H groups in total. The summed E-state index contributed by atoms with van der Waals surface area (Å²) < 4.78 is 2.63. The molecule has 5 nitrogen and oxygen atoms in total. The molecule has 0 saturated carbocycles. The number of aryl methyl sites for hydroxylation is 1. The molecule has 0 saturated heterocycles. The molecular formula is C8H10BrN5. The molecule has 1 unspecified atom stereocenters. The first kappa shape index (κ1) is 9.42. The van der Waals surface area contributed by atoms with Gasteiger partial charge < -0.3 is 10.7 Å². The summed E-state index contributed by atoms with van der Waals surface area (Å²) in [6.45, 7) is 0. The van der Waals surface area contributed by atoms with Crippen molar-refractivity contribution in [2.45, 2.75) is 6.04 Å². The Balaban J connectivity index is 2.41. The van der Waals surface area contributed by atoms with Gasteiger partial charge in [-0.15, -0.1) is 0 Å². The van der Waals surface area contributed by atoms with E-state index in [2.05, 4.69) is 31.0 Å². The van der Waals surface area contributed by atoms with Gasteiger partial charge in [-0.1, -0.05) is 0 Å². The summed E-state index contributed by atoms with van der Waals surface area (Å²) in [6, 6.07) is -0.285. The molecule has 2 aromatic heterocycles. The average Bonchev–Trinajstić information content (AvgIpc) is 2.75. The van der Waals surface area contributed by atoms with Crippen molar-refractivity contribution < 1.29 is 0 Å². The van der Waals surface area contributed by atoms with Crippen LogP contribution in [0.4, 0.5) is 0 Å². The molecule has 2 rings (SSSR count). The molecule has 2 aromatic rings. The lowest BCUT2D eigenvalue weighted by atomic mass is 10.2. The first-order chi connectivity index (χ1) is 6.70. The number of imidazole rings is 1. The van der Waals surface area contributed by atoms with Gasteiger partial charge in [0.15, 0.2) is 0 Å². The van der Waals surface area contributed by atoms with Crippen molar-refractivity contribution in [3.05, 3.63) is 34.6 Å². The van der Waals surface area contributed by atoms with Crippen molar-refractivity contribution >= 4 is 15.9 Å². The molecular weight excluding hydrogens is 246 g/mol. The number of aromatic amines is 1. The largest absolute Gasteiger partial charge is 0.347 e. The Morgan fingerprint density at radius 3 is 2.93 bits per heavy atom. The standard InChI is InChI=1S/C8H10BrN5/c1-14-7(5(9)4-13-14)6(10)8-11-2-3-12-8/h2-4,6H,10H2,1H3,(H,11,12). The molecule has 0 bridgehead atoms. The molecule has 0 amide bonds. The van der Waals surface area contributed by atoms with E-state index in [9.17, 15) is 0 Å². The van der Waals surface area contributed by atoms with E-state index < -0.39 is 0 Å². The third-order valence-electron chi connectivity index (χ3n) is 2.05. The summed E-state index contributed by atoms with van der Waals surface area (Å²) in [7, 11) is 1.85. The van der Waals surface area contributed by atoms with Gasteiger partial charge in [-0.25, -0.2) is 4.98 Å². The van der Waals surface area contributed by atoms with E-state index in [1.54, 1.807) is 23.3 Å². The maximum Gasteiger partial charge on any atom is 0.129 e. The summed E-state index contributed by atoms with van der Waals surface area (Å²) >= 11 is 3.40. The molecule has 2 heterocycles. The van der Waals surface area contributed by atoms with E-state index >= 15 is 0 Å². The van der Waals surface area contributed by atoms with Crippen molar-refractivity contribution in [2.75, 3.05) is 0 Å². The zero-order valence-corrected chi connectivity index (χ0v) is 9.19. The van der Waals surface area contributed by atoms with Crippen LogP contribution in [-0.4, -0.2) is 19.7 Å². The van der Waals surface area contributed by atoms with Crippen LogP contribution < -0.4 is 5.73 Å². The minimum Gasteiger partial charge on any atom is -0.347 e. The second-order valence-electron chi connectivity index (χ2n) is 2.95. The highest BCUT2D eigenvalue weighted by Gasteiger charge is 2.18. The molecule has 0 radical (unpaired) electrons. The Morgan fingerprint density at radius 2 is 2.43 bits per heavy atom. The topological polar surface area (TPSA) is 72.5 Å². The summed E-state index contributed by atoms with van der Waals surface area (Å²) in [5.41, 5.74) is 6.93. The van der Waals surface area contributed by atoms with Crippen molar-refractivity contribution in [3.63, 3.8) is 0 Å². The molecule has 0 fully saturated rings. The van der Waals surface area contributed by atoms with Gasteiger partial charge >= 0.3 is 0 Å². The van der Waals surface area contributed by atoms with Crippen LogP contribution in [0.15, 0.2) is 23.1 Å². The minimum absolute atomic E-state index is 0.285. The second kappa shape index (κ2) is 3.55. The van der Waals surface area contributed by atoms with Gasteiger partial charge in [0.25, 0.3) is 0 Å². The molecule has 0 aliphatic heterocycles. The normalized spacial score (nSPS) is 13.1. The predicted molar refractivity (Wildman–Crippen MR) is 55.5 cm³/mol. The van der Waals surface area contributed by atoms with Crippen LogP contribution in [0.5, 0.6) is 0 Å². The number of H-pyrrole nitrogens is 1. The third-order valence-corrected chi connectivity index (χ3v) is 2.66. The van der Waals surface area contributed by atoms with Gasteiger partial charge in [-0.05, 0) is 15.9 Å². The van der Waals surface area contributed by atoms with Crippen LogP contribution in [0.25, 0.3) is 0 Å². The predicted octanol–water partition coefficient (Wildman–Crippen LogP) is 0.954. The van der Waals surface area contributed by atoms with Gasteiger partial charge in [0, 0.05) is 19.4 Å². The van der Waals surface area contributed by atoms with Crippen LogP contribution in [-0.2, 0) is 7.05 Å². The lowest BCUT2D eigenvalue weighted by Gasteiger charge is -2.09. The lowest BCUT2D eigenvalue weighted by molar-refractivity contribution is 0.654. The molecule has 1 atom stereocenters. The summed E-state index contributed by atoms with van der Waals surface area (Å²) in [4.78, 5) is 7.09. The van der Waals surface area contributed by atoms with Gasteiger partial charge in [-0.2, -0.15) is 5.10 Å². The maximum atomic E-state index is 6.02. The highest BCUT2D eigenvalue weighted by atomic mass is 79.9. The Labute approximate surface area is 89.5 Å². The SMILES string of the molecule is Cn1ncc(Br)c1C(N)c1ncc[nH]1. The van der Waals surface area contributed by atoms with E-state index in [4.69, 9.17) is 5.73 Å². The molecule has 6 heteroatoms. The molecule has 0 spiro atoms. The molecule has 14 heavy (non-hydrogen) atoms. The first-order valence-corrected chi connectivity index (χ1v) is 4.91. The maximum absolute atomic E-state index is 6.02. The fourth-order valence-corrected chi connectivity index (χ4v) is 1.94. The van der Waals surface area contributed by atoms with Crippen LogP contribution in [0.3, 0.4) is 0 Å².